The second-order valence-electron chi connectivity index (χ2n) is 9.10. The average molecular weight is 487 g/mol. The number of halogens is 2. The zero-order chi connectivity index (χ0) is 26.6. The van der Waals surface area contributed by atoms with E-state index in [1.54, 1.807) is 13.8 Å². The van der Waals surface area contributed by atoms with Gasteiger partial charge in [-0.05, 0) is 61.1 Å². The zero-order valence-corrected chi connectivity index (χ0v) is 22.9. The van der Waals surface area contributed by atoms with Crippen molar-refractivity contribution < 1.29 is 13.6 Å². The molecule has 0 aliphatic rings. The number of hydrogen-bond donors (Lipinski definition) is 0. The number of hydrogen-bond acceptors (Lipinski definition) is 2. The number of fused-ring (bicyclic) bond motifs is 1. The lowest BCUT2D eigenvalue weighted by atomic mass is 9.98. The molecule has 0 aliphatic heterocycles. The Labute approximate surface area is 211 Å². The first-order chi connectivity index (χ1) is 16.6. The van der Waals surface area contributed by atoms with Crippen molar-refractivity contribution in [1.29, 1.82) is 0 Å². The maximum atomic E-state index is 12.9. The van der Waals surface area contributed by atoms with Gasteiger partial charge < -0.3 is 0 Å². The number of ketones is 1. The van der Waals surface area contributed by atoms with Gasteiger partial charge in [0.1, 0.15) is 6.33 Å². The SMILES string of the molecule is CC.CCC(C)c1cccc(-n2cnc3cc(C(C)=O)ccc32)c1.CCCC(F)(F)CC(C)CC. The highest BCUT2D eigenvalue weighted by atomic mass is 19.3. The van der Waals surface area contributed by atoms with Crippen molar-refractivity contribution in [2.24, 2.45) is 5.92 Å². The largest absolute Gasteiger partial charge is 0.299 e. The summed E-state index contributed by atoms with van der Waals surface area (Å²) < 4.78 is 27.8. The molecular weight excluding hydrogens is 442 g/mol. The van der Waals surface area contributed by atoms with E-state index in [0.717, 1.165) is 29.6 Å². The quantitative estimate of drug-likeness (QED) is 0.282. The number of benzene rings is 2. The maximum Gasteiger partial charge on any atom is 0.248 e. The second-order valence-corrected chi connectivity index (χ2v) is 9.10. The Kier molecular flexibility index (Phi) is 12.8. The van der Waals surface area contributed by atoms with E-state index in [0.29, 0.717) is 17.9 Å². The van der Waals surface area contributed by atoms with Crippen LogP contribution in [0.2, 0.25) is 0 Å². The lowest BCUT2D eigenvalue weighted by molar-refractivity contribution is -0.0298. The number of aromatic nitrogens is 2. The monoisotopic (exact) mass is 486 g/mol. The van der Waals surface area contributed by atoms with Crippen molar-refractivity contribution in [3.63, 3.8) is 0 Å². The van der Waals surface area contributed by atoms with E-state index in [1.165, 1.54) is 5.56 Å². The van der Waals surface area contributed by atoms with Gasteiger partial charge in [-0.2, -0.15) is 0 Å². The molecule has 0 aliphatic carbocycles. The van der Waals surface area contributed by atoms with Crippen LogP contribution in [0.25, 0.3) is 16.7 Å². The minimum absolute atomic E-state index is 0.0390. The van der Waals surface area contributed by atoms with Crippen LogP contribution in [0.3, 0.4) is 0 Å². The Bertz CT molecular complexity index is 1040. The number of Topliss-reactive ketones (excluding diaryl/α,β-unsaturated/α-hetero) is 1. The number of nitrogens with zero attached hydrogens (tertiary/aromatic N) is 2. The van der Waals surface area contributed by atoms with Gasteiger partial charge in [0.15, 0.2) is 5.78 Å². The summed E-state index contributed by atoms with van der Waals surface area (Å²) in [5.74, 6) is -1.67. The van der Waals surface area contributed by atoms with Crippen LogP contribution in [0.5, 0.6) is 0 Å². The molecule has 1 heterocycles. The van der Waals surface area contributed by atoms with Gasteiger partial charge in [-0.3, -0.25) is 9.36 Å². The van der Waals surface area contributed by atoms with Crippen molar-refractivity contribution in [2.75, 3.05) is 0 Å². The molecule has 0 amide bonds. The molecule has 2 atom stereocenters. The minimum Gasteiger partial charge on any atom is -0.299 e. The Balaban J connectivity index is 0.000000401. The van der Waals surface area contributed by atoms with Crippen molar-refractivity contribution >= 4 is 16.8 Å². The molecule has 2 unspecified atom stereocenters. The van der Waals surface area contributed by atoms with Crippen LogP contribution in [0.1, 0.15) is 109 Å². The molecule has 0 saturated carbocycles. The van der Waals surface area contributed by atoms with E-state index in [4.69, 9.17) is 0 Å². The molecule has 0 bridgehead atoms. The van der Waals surface area contributed by atoms with Crippen molar-refractivity contribution in [1.82, 2.24) is 9.55 Å². The fourth-order valence-electron chi connectivity index (χ4n) is 3.78. The number of carbonyl (C=O) groups excluding carboxylic acids is 1. The van der Waals surface area contributed by atoms with Crippen molar-refractivity contribution in [2.45, 2.75) is 99.3 Å². The number of rotatable bonds is 9. The number of imidazole rings is 1. The van der Waals surface area contributed by atoms with Crippen molar-refractivity contribution in [3.05, 3.63) is 59.9 Å². The van der Waals surface area contributed by atoms with Gasteiger partial charge >= 0.3 is 0 Å². The molecule has 5 heteroatoms. The van der Waals surface area contributed by atoms with Crippen LogP contribution in [0, 0.1) is 5.92 Å². The zero-order valence-electron chi connectivity index (χ0n) is 22.9. The van der Waals surface area contributed by atoms with Crippen LogP contribution < -0.4 is 0 Å². The van der Waals surface area contributed by atoms with Gasteiger partial charge in [0, 0.05) is 24.1 Å². The Morgan fingerprint density at radius 2 is 1.71 bits per heavy atom. The third-order valence-corrected chi connectivity index (χ3v) is 6.24. The van der Waals surface area contributed by atoms with Gasteiger partial charge in [0.05, 0.1) is 11.0 Å². The van der Waals surface area contributed by atoms with Crippen LogP contribution in [0.4, 0.5) is 8.78 Å². The van der Waals surface area contributed by atoms with Crippen LogP contribution >= 0.6 is 0 Å². The normalized spacial score (nSPS) is 12.7. The molecule has 194 valence electrons. The Hall–Kier alpha value is -2.56. The lowest BCUT2D eigenvalue weighted by Crippen LogP contribution is -2.18. The first-order valence-electron chi connectivity index (χ1n) is 13.1. The first-order valence-corrected chi connectivity index (χ1v) is 13.1. The highest BCUT2D eigenvalue weighted by Gasteiger charge is 2.28. The van der Waals surface area contributed by atoms with Crippen LogP contribution in [0.15, 0.2) is 48.8 Å². The molecule has 0 N–H and O–H groups in total. The lowest BCUT2D eigenvalue weighted by Gasteiger charge is -2.18. The summed E-state index contributed by atoms with van der Waals surface area (Å²) in [6.45, 7) is 15.6. The molecule has 0 radical (unpaired) electrons. The summed E-state index contributed by atoms with van der Waals surface area (Å²) in [6, 6.07) is 14.3. The average Bonchev–Trinajstić information content (AvgIpc) is 3.28. The van der Waals surface area contributed by atoms with E-state index < -0.39 is 5.92 Å². The van der Waals surface area contributed by atoms with Gasteiger partial charge in [-0.25, -0.2) is 13.8 Å². The molecule has 2 aromatic carbocycles. The molecule has 3 nitrogen and oxygen atoms in total. The highest BCUT2D eigenvalue weighted by Crippen LogP contribution is 2.29. The van der Waals surface area contributed by atoms with Crippen LogP contribution in [-0.4, -0.2) is 21.3 Å². The standard InChI is InChI=1S/C19H20N2O.C9H18F2.C2H6/c1-4-13(2)15-6-5-7-17(10-15)21-12-20-18-11-16(14(3)22)8-9-19(18)21;1-4-6-9(10,11)7-8(3)5-2;1-2/h5-13H,4H2,1-3H3;8H,4-7H2,1-3H3;1-2H3. The van der Waals surface area contributed by atoms with Gasteiger partial charge in [-0.15, -0.1) is 0 Å². The van der Waals surface area contributed by atoms with E-state index >= 15 is 0 Å². The third kappa shape index (κ3) is 9.19. The van der Waals surface area contributed by atoms with E-state index in [1.807, 2.05) is 52.2 Å². The fourth-order valence-corrected chi connectivity index (χ4v) is 3.78. The molecular formula is C30H44F2N2O. The van der Waals surface area contributed by atoms with Crippen molar-refractivity contribution in [3.8, 4) is 5.69 Å². The van der Waals surface area contributed by atoms with E-state index in [2.05, 4.69) is 47.7 Å². The summed E-state index contributed by atoms with van der Waals surface area (Å²) in [5, 5.41) is 0. The van der Waals surface area contributed by atoms with Gasteiger partial charge in [0.25, 0.3) is 0 Å². The number of carbonyl (C=O) groups is 1. The molecule has 3 aromatic rings. The predicted octanol–water partition coefficient (Wildman–Crippen LogP) is 9.63. The molecule has 0 spiro atoms. The maximum absolute atomic E-state index is 12.9. The summed E-state index contributed by atoms with van der Waals surface area (Å²) in [5.41, 5.74) is 5.01. The molecule has 1 aromatic heterocycles. The molecule has 0 saturated heterocycles. The second kappa shape index (κ2) is 14.8. The summed E-state index contributed by atoms with van der Waals surface area (Å²) in [7, 11) is 0. The van der Waals surface area contributed by atoms with Gasteiger partial charge in [-0.1, -0.05) is 73.4 Å². The minimum atomic E-state index is -2.43. The summed E-state index contributed by atoms with van der Waals surface area (Å²) in [6.07, 6.45) is 4.46. The third-order valence-electron chi connectivity index (χ3n) is 6.24. The van der Waals surface area contributed by atoms with Crippen LogP contribution in [-0.2, 0) is 0 Å². The fraction of sp³-hybridized carbons (Fsp3) is 0.533. The summed E-state index contributed by atoms with van der Waals surface area (Å²) >= 11 is 0. The van der Waals surface area contributed by atoms with E-state index in [9.17, 15) is 13.6 Å². The Morgan fingerprint density at radius 3 is 2.29 bits per heavy atom. The first kappa shape index (κ1) is 30.5. The topological polar surface area (TPSA) is 34.9 Å². The summed E-state index contributed by atoms with van der Waals surface area (Å²) in [4.78, 5) is 15.9. The van der Waals surface area contributed by atoms with E-state index in [-0.39, 0.29) is 24.5 Å². The van der Waals surface area contributed by atoms with Gasteiger partial charge in [0.2, 0.25) is 5.92 Å². The molecule has 0 fully saturated rings. The smallest absolute Gasteiger partial charge is 0.248 e. The predicted molar refractivity (Wildman–Crippen MR) is 145 cm³/mol. The molecule has 35 heavy (non-hydrogen) atoms. The Morgan fingerprint density at radius 1 is 1.03 bits per heavy atom. The highest BCUT2D eigenvalue weighted by molar-refractivity contribution is 5.97. The molecule has 3 rings (SSSR count). The number of alkyl halides is 2.